The van der Waals surface area contributed by atoms with Crippen molar-refractivity contribution in [3.8, 4) is 0 Å². The lowest BCUT2D eigenvalue weighted by Gasteiger charge is -2.05. The summed E-state index contributed by atoms with van der Waals surface area (Å²) in [5, 5.41) is 2.82. The molecule has 3 nitrogen and oxygen atoms in total. The molecular formula is C17H24FNO2. The van der Waals surface area contributed by atoms with Crippen LogP contribution in [0, 0.1) is 5.82 Å². The van der Waals surface area contributed by atoms with E-state index < -0.39 is 0 Å². The van der Waals surface area contributed by atoms with Crippen LogP contribution in [0.4, 0.5) is 4.39 Å². The summed E-state index contributed by atoms with van der Waals surface area (Å²) in [6, 6.07) is 5.40. The van der Waals surface area contributed by atoms with E-state index in [0.29, 0.717) is 12.1 Å². The predicted molar refractivity (Wildman–Crippen MR) is 81.7 cm³/mol. The standard InChI is InChI=1S/C17H24FNO2/c1-2-3-4-5-6-13-19-17(21)12-11-16(20)14-7-9-15(18)10-8-14/h7-10H,2-6,11-13H2,1H3,(H,19,21). The van der Waals surface area contributed by atoms with E-state index in [0.717, 1.165) is 12.8 Å². The summed E-state index contributed by atoms with van der Waals surface area (Å²) in [5.41, 5.74) is 0.448. The Balaban J connectivity index is 2.15. The van der Waals surface area contributed by atoms with Crippen LogP contribution in [0.5, 0.6) is 0 Å². The molecule has 0 aliphatic rings. The number of nitrogens with one attached hydrogen (secondary N) is 1. The van der Waals surface area contributed by atoms with E-state index in [-0.39, 0.29) is 30.3 Å². The number of unbranched alkanes of at least 4 members (excludes halogenated alkanes) is 4. The number of Topliss-reactive ketones (excluding diaryl/α,β-unsaturated/α-hetero) is 1. The fourth-order valence-corrected chi connectivity index (χ4v) is 2.05. The van der Waals surface area contributed by atoms with Gasteiger partial charge < -0.3 is 5.32 Å². The zero-order chi connectivity index (χ0) is 15.5. The minimum Gasteiger partial charge on any atom is -0.356 e. The van der Waals surface area contributed by atoms with Crippen molar-refractivity contribution >= 4 is 11.7 Å². The van der Waals surface area contributed by atoms with Crippen LogP contribution in [0.15, 0.2) is 24.3 Å². The van der Waals surface area contributed by atoms with E-state index in [9.17, 15) is 14.0 Å². The molecule has 0 atom stereocenters. The second kappa shape index (κ2) is 10.1. The molecule has 0 saturated heterocycles. The van der Waals surface area contributed by atoms with Crippen LogP contribution < -0.4 is 5.32 Å². The highest BCUT2D eigenvalue weighted by Gasteiger charge is 2.09. The Morgan fingerprint density at radius 1 is 1.00 bits per heavy atom. The molecule has 1 aromatic carbocycles. The van der Waals surface area contributed by atoms with E-state index >= 15 is 0 Å². The van der Waals surface area contributed by atoms with Crippen molar-refractivity contribution in [3.05, 3.63) is 35.6 Å². The van der Waals surface area contributed by atoms with Gasteiger partial charge in [-0.25, -0.2) is 4.39 Å². The van der Waals surface area contributed by atoms with Gasteiger partial charge in [0.15, 0.2) is 5.78 Å². The van der Waals surface area contributed by atoms with Gasteiger partial charge in [0.25, 0.3) is 0 Å². The van der Waals surface area contributed by atoms with Gasteiger partial charge >= 0.3 is 0 Å². The molecule has 0 heterocycles. The van der Waals surface area contributed by atoms with E-state index in [1.54, 1.807) is 0 Å². The Labute approximate surface area is 125 Å². The first kappa shape index (κ1) is 17.3. The second-order valence-corrected chi connectivity index (χ2v) is 5.19. The molecule has 1 aromatic rings. The van der Waals surface area contributed by atoms with E-state index in [1.165, 1.54) is 43.5 Å². The van der Waals surface area contributed by atoms with Gasteiger partial charge in [-0.2, -0.15) is 0 Å². The first-order valence-corrected chi connectivity index (χ1v) is 7.69. The molecule has 116 valence electrons. The minimum atomic E-state index is -0.368. The topological polar surface area (TPSA) is 46.2 Å². The number of amides is 1. The normalized spacial score (nSPS) is 10.4. The van der Waals surface area contributed by atoms with Gasteiger partial charge in [-0.3, -0.25) is 9.59 Å². The lowest BCUT2D eigenvalue weighted by atomic mass is 10.1. The zero-order valence-electron chi connectivity index (χ0n) is 12.7. The van der Waals surface area contributed by atoms with Crippen molar-refractivity contribution < 1.29 is 14.0 Å². The number of carbonyl (C=O) groups is 2. The zero-order valence-corrected chi connectivity index (χ0v) is 12.7. The lowest BCUT2D eigenvalue weighted by Crippen LogP contribution is -2.24. The van der Waals surface area contributed by atoms with Crippen LogP contribution >= 0.6 is 0 Å². The van der Waals surface area contributed by atoms with Crippen molar-refractivity contribution in [1.29, 1.82) is 0 Å². The number of benzene rings is 1. The quantitative estimate of drug-likeness (QED) is 0.525. The molecule has 0 aliphatic heterocycles. The molecule has 0 aliphatic carbocycles. The van der Waals surface area contributed by atoms with Gasteiger partial charge in [0.05, 0.1) is 0 Å². The first-order chi connectivity index (χ1) is 10.1. The molecule has 0 spiro atoms. The van der Waals surface area contributed by atoms with Gasteiger partial charge in [-0.05, 0) is 30.7 Å². The number of hydrogen-bond donors (Lipinski definition) is 1. The fraction of sp³-hybridized carbons (Fsp3) is 0.529. The second-order valence-electron chi connectivity index (χ2n) is 5.19. The number of ketones is 1. The van der Waals surface area contributed by atoms with Crippen LogP contribution in [0.2, 0.25) is 0 Å². The Bertz CT molecular complexity index is 443. The third kappa shape index (κ3) is 7.59. The highest BCUT2D eigenvalue weighted by molar-refractivity contribution is 5.97. The smallest absolute Gasteiger partial charge is 0.220 e. The maximum Gasteiger partial charge on any atom is 0.220 e. The minimum absolute atomic E-state index is 0.0963. The van der Waals surface area contributed by atoms with Crippen molar-refractivity contribution in [2.45, 2.75) is 51.9 Å². The van der Waals surface area contributed by atoms with E-state index in [4.69, 9.17) is 0 Å². The maximum absolute atomic E-state index is 12.7. The van der Waals surface area contributed by atoms with Gasteiger partial charge in [0.2, 0.25) is 5.91 Å². The van der Waals surface area contributed by atoms with Crippen LogP contribution in [0.1, 0.15) is 62.2 Å². The SMILES string of the molecule is CCCCCCCNC(=O)CCC(=O)c1ccc(F)cc1. The van der Waals surface area contributed by atoms with Crippen LogP contribution in [0.3, 0.4) is 0 Å². The van der Waals surface area contributed by atoms with Crippen molar-refractivity contribution in [2.75, 3.05) is 6.54 Å². The monoisotopic (exact) mass is 293 g/mol. The number of rotatable bonds is 10. The average Bonchev–Trinajstić information content (AvgIpc) is 2.49. The van der Waals surface area contributed by atoms with Crippen LogP contribution in [0.25, 0.3) is 0 Å². The van der Waals surface area contributed by atoms with E-state index in [2.05, 4.69) is 12.2 Å². The highest BCUT2D eigenvalue weighted by Crippen LogP contribution is 2.07. The molecule has 0 aromatic heterocycles. The molecule has 1 amide bonds. The number of halogens is 1. The maximum atomic E-state index is 12.7. The van der Waals surface area contributed by atoms with Crippen LogP contribution in [-0.4, -0.2) is 18.2 Å². The molecule has 0 radical (unpaired) electrons. The van der Waals surface area contributed by atoms with Gasteiger partial charge in [-0.15, -0.1) is 0 Å². The van der Waals surface area contributed by atoms with E-state index in [1.807, 2.05) is 0 Å². The first-order valence-electron chi connectivity index (χ1n) is 7.69. The highest BCUT2D eigenvalue weighted by atomic mass is 19.1. The number of hydrogen-bond acceptors (Lipinski definition) is 2. The fourth-order valence-electron chi connectivity index (χ4n) is 2.05. The molecule has 21 heavy (non-hydrogen) atoms. The Morgan fingerprint density at radius 2 is 1.67 bits per heavy atom. The lowest BCUT2D eigenvalue weighted by molar-refractivity contribution is -0.121. The van der Waals surface area contributed by atoms with Crippen molar-refractivity contribution in [2.24, 2.45) is 0 Å². The molecule has 0 unspecified atom stereocenters. The Hall–Kier alpha value is -1.71. The van der Waals surface area contributed by atoms with Crippen LogP contribution in [-0.2, 0) is 4.79 Å². The third-order valence-electron chi connectivity index (χ3n) is 3.35. The molecule has 1 N–H and O–H groups in total. The number of carbonyl (C=O) groups excluding carboxylic acids is 2. The predicted octanol–water partition coefficient (Wildman–Crippen LogP) is 3.88. The summed E-state index contributed by atoms with van der Waals surface area (Å²) in [6.45, 7) is 2.84. The summed E-state index contributed by atoms with van der Waals surface area (Å²) in [5.74, 6) is -0.596. The molecule has 0 fully saturated rings. The third-order valence-corrected chi connectivity index (χ3v) is 3.35. The van der Waals surface area contributed by atoms with Crippen molar-refractivity contribution in [1.82, 2.24) is 5.32 Å². The summed E-state index contributed by atoms with van der Waals surface area (Å²) in [4.78, 5) is 23.4. The average molecular weight is 293 g/mol. The van der Waals surface area contributed by atoms with Crippen molar-refractivity contribution in [3.63, 3.8) is 0 Å². The molecule has 0 bridgehead atoms. The molecule has 0 saturated carbocycles. The molecular weight excluding hydrogens is 269 g/mol. The largest absolute Gasteiger partial charge is 0.356 e. The van der Waals surface area contributed by atoms with Gasteiger partial charge in [-0.1, -0.05) is 32.6 Å². The summed E-state index contributed by atoms with van der Waals surface area (Å²) >= 11 is 0. The molecule has 4 heteroatoms. The summed E-state index contributed by atoms with van der Waals surface area (Å²) in [7, 11) is 0. The van der Waals surface area contributed by atoms with Gasteiger partial charge in [0.1, 0.15) is 5.82 Å². The van der Waals surface area contributed by atoms with Gasteiger partial charge in [0, 0.05) is 24.9 Å². The molecule has 1 rings (SSSR count). The Kier molecular flexibility index (Phi) is 8.32. The summed E-state index contributed by atoms with van der Waals surface area (Å²) in [6.07, 6.45) is 6.10. The Morgan fingerprint density at radius 3 is 2.33 bits per heavy atom. The summed E-state index contributed by atoms with van der Waals surface area (Å²) < 4.78 is 12.7.